The first-order valence-electron chi connectivity index (χ1n) is 11.2. The molecule has 0 bridgehead atoms. The predicted molar refractivity (Wildman–Crippen MR) is 110 cm³/mol. The molecular formula is C22H42O6. The van der Waals surface area contributed by atoms with Crippen molar-refractivity contribution in [2.45, 2.75) is 103 Å². The van der Waals surface area contributed by atoms with Crippen LogP contribution in [0.25, 0.3) is 0 Å². The standard InChI is InChI=1S/C22H42O6/c23-17-11-5-1-7-13-19-27-21(25)15-9-3-4-10-16-22(26)28-20-14-8-2-6-12-18-24/h23-24H,1-20H2. The van der Waals surface area contributed by atoms with Gasteiger partial charge in [-0.3, -0.25) is 9.59 Å². The fraction of sp³-hybridized carbons (Fsp3) is 0.909. The highest BCUT2D eigenvalue weighted by Crippen LogP contribution is 2.09. The summed E-state index contributed by atoms with van der Waals surface area (Å²) in [6.45, 7) is 1.49. The Labute approximate surface area is 171 Å². The zero-order chi connectivity index (χ0) is 20.7. The van der Waals surface area contributed by atoms with Gasteiger partial charge in [0.15, 0.2) is 0 Å². The molecule has 6 heteroatoms. The lowest BCUT2D eigenvalue weighted by atomic mass is 10.1. The van der Waals surface area contributed by atoms with Gasteiger partial charge in [0.2, 0.25) is 0 Å². The first-order valence-corrected chi connectivity index (χ1v) is 11.2. The number of ether oxygens (including phenoxy) is 2. The Morgan fingerprint density at radius 3 is 1.18 bits per heavy atom. The highest BCUT2D eigenvalue weighted by Gasteiger charge is 2.05. The fourth-order valence-corrected chi connectivity index (χ4v) is 2.90. The molecule has 6 nitrogen and oxygen atoms in total. The van der Waals surface area contributed by atoms with Crippen LogP contribution in [0.15, 0.2) is 0 Å². The maximum atomic E-state index is 11.6. The topological polar surface area (TPSA) is 93.1 Å². The lowest BCUT2D eigenvalue weighted by Crippen LogP contribution is -2.06. The number of hydrogen-bond donors (Lipinski definition) is 2. The van der Waals surface area contributed by atoms with Gasteiger partial charge in [0, 0.05) is 26.1 Å². The van der Waals surface area contributed by atoms with Gasteiger partial charge in [-0.15, -0.1) is 0 Å². The SMILES string of the molecule is O=C(CCCCCCC(=O)OCCCCCCCO)OCCCCCCCO. The third-order valence-corrected chi connectivity index (χ3v) is 4.64. The molecule has 0 heterocycles. The Bertz CT molecular complexity index is 325. The highest BCUT2D eigenvalue weighted by molar-refractivity contribution is 5.69. The number of unbranched alkanes of at least 4 members (excludes halogenated alkanes) is 11. The lowest BCUT2D eigenvalue weighted by molar-refractivity contribution is -0.145. The zero-order valence-electron chi connectivity index (χ0n) is 17.7. The van der Waals surface area contributed by atoms with Crippen molar-refractivity contribution >= 4 is 11.9 Å². The van der Waals surface area contributed by atoms with Gasteiger partial charge in [-0.05, 0) is 38.5 Å². The summed E-state index contributed by atoms with van der Waals surface area (Å²) in [5.74, 6) is -0.262. The minimum absolute atomic E-state index is 0.131. The predicted octanol–water partition coefficient (Wildman–Crippen LogP) is 4.30. The average molecular weight is 403 g/mol. The van der Waals surface area contributed by atoms with Gasteiger partial charge in [0.25, 0.3) is 0 Å². The first-order chi connectivity index (χ1) is 13.7. The van der Waals surface area contributed by atoms with Crippen molar-refractivity contribution in [1.29, 1.82) is 0 Å². The summed E-state index contributed by atoms with van der Waals surface area (Å²) >= 11 is 0. The summed E-state index contributed by atoms with van der Waals surface area (Å²) in [5, 5.41) is 17.4. The first kappa shape index (κ1) is 26.9. The van der Waals surface area contributed by atoms with E-state index < -0.39 is 0 Å². The van der Waals surface area contributed by atoms with Crippen molar-refractivity contribution in [3.63, 3.8) is 0 Å². The lowest BCUT2D eigenvalue weighted by Gasteiger charge is -2.06. The molecule has 0 aromatic heterocycles. The molecule has 0 radical (unpaired) electrons. The third-order valence-electron chi connectivity index (χ3n) is 4.64. The number of aliphatic hydroxyl groups is 2. The van der Waals surface area contributed by atoms with Gasteiger partial charge in [0.05, 0.1) is 13.2 Å². The molecule has 0 saturated carbocycles. The van der Waals surface area contributed by atoms with Crippen LogP contribution in [0.2, 0.25) is 0 Å². The summed E-state index contributed by atoms with van der Waals surface area (Å²) < 4.78 is 10.4. The van der Waals surface area contributed by atoms with Crippen LogP contribution < -0.4 is 0 Å². The maximum Gasteiger partial charge on any atom is 0.305 e. The van der Waals surface area contributed by atoms with Crippen molar-refractivity contribution < 1.29 is 29.3 Å². The second-order valence-corrected chi connectivity index (χ2v) is 7.34. The quantitative estimate of drug-likeness (QED) is 0.220. The molecule has 0 fully saturated rings. The van der Waals surface area contributed by atoms with Crippen molar-refractivity contribution in [3.8, 4) is 0 Å². The van der Waals surface area contributed by atoms with Gasteiger partial charge in [-0.1, -0.05) is 51.4 Å². The van der Waals surface area contributed by atoms with Crippen LogP contribution in [0.4, 0.5) is 0 Å². The van der Waals surface area contributed by atoms with E-state index in [1.807, 2.05) is 0 Å². The fourth-order valence-electron chi connectivity index (χ4n) is 2.90. The third kappa shape index (κ3) is 21.2. The van der Waals surface area contributed by atoms with Crippen molar-refractivity contribution in [1.82, 2.24) is 0 Å². The maximum absolute atomic E-state index is 11.6. The molecule has 0 unspecified atom stereocenters. The van der Waals surface area contributed by atoms with Gasteiger partial charge >= 0.3 is 11.9 Å². The zero-order valence-corrected chi connectivity index (χ0v) is 17.7. The Morgan fingerprint density at radius 1 is 0.464 bits per heavy atom. The molecule has 0 aromatic rings. The van der Waals surface area contributed by atoms with Crippen molar-refractivity contribution in [2.75, 3.05) is 26.4 Å². The summed E-state index contributed by atoms with van der Waals surface area (Å²) in [6.07, 6.45) is 14.1. The highest BCUT2D eigenvalue weighted by atomic mass is 16.5. The normalized spacial score (nSPS) is 10.8. The summed E-state index contributed by atoms with van der Waals surface area (Å²) in [7, 11) is 0. The van der Waals surface area contributed by atoms with Crippen LogP contribution in [-0.2, 0) is 19.1 Å². The summed E-state index contributed by atoms with van der Waals surface area (Å²) in [4.78, 5) is 23.2. The van der Waals surface area contributed by atoms with Gasteiger partial charge in [-0.2, -0.15) is 0 Å². The Morgan fingerprint density at radius 2 is 0.786 bits per heavy atom. The number of hydrogen-bond acceptors (Lipinski definition) is 6. The van der Waals surface area contributed by atoms with Crippen LogP contribution in [0, 0.1) is 0 Å². The van der Waals surface area contributed by atoms with Crippen molar-refractivity contribution in [2.24, 2.45) is 0 Å². The van der Waals surface area contributed by atoms with Crippen LogP contribution in [0.3, 0.4) is 0 Å². The molecule has 0 atom stereocenters. The molecule has 0 aliphatic carbocycles. The number of carbonyl (C=O) groups is 2. The van der Waals surface area contributed by atoms with Gasteiger partial charge in [-0.25, -0.2) is 0 Å². The van der Waals surface area contributed by atoms with E-state index in [9.17, 15) is 9.59 Å². The Kier molecular flexibility index (Phi) is 21.3. The van der Waals surface area contributed by atoms with E-state index in [1.165, 1.54) is 0 Å². The van der Waals surface area contributed by atoms with Crippen LogP contribution >= 0.6 is 0 Å². The van der Waals surface area contributed by atoms with E-state index in [1.54, 1.807) is 0 Å². The van der Waals surface area contributed by atoms with E-state index in [0.717, 1.165) is 89.9 Å². The van der Waals surface area contributed by atoms with E-state index in [-0.39, 0.29) is 25.2 Å². The van der Waals surface area contributed by atoms with E-state index in [0.29, 0.717) is 26.1 Å². The Balaban J connectivity index is 3.28. The van der Waals surface area contributed by atoms with Crippen molar-refractivity contribution in [3.05, 3.63) is 0 Å². The molecule has 0 aliphatic rings. The monoisotopic (exact) mass is 402 g/mol. The number of aliphatic hydroxyl groups excluding tert-OH is 2. The number of rotatable bonds is 21. The molecule has 2 N–H and O–H groups in total. The smallest absolute Gasteiger partial charge is 0.305 e. The largest absolute Gasteiger partial charge is 0.466 e. The molecule has 0 rings (SSSR count). The number of esters is 2. The minimum atomic E-state index is -0.131. The molecular weight excluding hydrogens is 360 g/mol. The van der Waals surface area contributed by atoms with Crippen LogP contribution in [0.1, 0.15) is 103 Å². The van der Waals surface area contributed by atoms with Crippen LogP contribution in [0.5, 0.6) is 0 Å². The summed E-state index contributed by atoms with van der Waals surface area (Å²) in [5.41, 5.74) is 0. The minimum Gasteiger partial charge on any atom is -0.466 e. The molecule has 166 valence electrons. The molecule has 0 spiro atoms. The van der Waals surface area contributed by atoms with Gasteiger partial charge in [0.1, 0.15) is 0 Å². The molecule has 0 aromatic carbocycles. The second kappa shape index (κ2) is 22.2. The van der Waals surface area contributed by atoms with E-state index in [4.69, 9.17) is 19.7 Å². The molecule has 0 amide bonds. The second-order valence-electron chi connectivity index (χ2n) is 7.34. The molecule has 28 heavy (non-hydrogen) atoms. The van der Waals surface area contributed by atoms with Gasteiger partial charge < -0.3 is 19.7 Å². The number of carbonyl (C=O) groups excluding carboxylic acids is 2. The molecule has 0 aliphatic heterocycles. The van der Waals surface area contributed by atoms with E-state index >= 15 is 0 Å². The average Bonchev–Trinajstić information content (AvgIpc) is 2.69. The summed E-state index contributed by atoms with van der Waals surface area (Å²) in [6, 6.07) is 0. The van der Waals surface area contributed by atoms with E-state index in [2.05, 4.69) is 0 Å². The Hall–Kier alpha value is -1.14. The van der Waals surface area contributed by atoms with Crippen LogP contribution in [-0.4, -0.2) is 48.6 Å². The molecule has 0 saturated heterocycles.